The van der Waals surface area contributed by atoms with Crippen LogP contribution in [0, 0.1) is 0 Å². The van der Waals surface area contributed by atoms with Crippen molar-refractivity contribution in [2.24, 2.45) is 0 Å². The van der Waals surface area contributed by atoms with Crippen molar-refractivity contribution in [3.63, 3.8) is 0 Å². The molecule has 1 nitrogen and oxygen atoms in total. The van der Waals surface area contributed by atoms with Gasteiger partial charge in [-0.25, -0.2) is 0 Å². The number of rotatable bonds is 7. The molecule has 0 spiro atoms. The van der Waals surface area contributed by atoms with Gasteiger partial charge in [0.15, 0.2) is 8.07 Å². The largest absolute Gasteiger partial charge is 0.455 e. The zero-order chi connectivity index (χ0) is 41.8. The van der Waals surface area contributed by atoms with E-state index in [0.717, 1.165) is 33.1 Å². The predicted molar refractivity (Wildman–Crippen MR) is 268 cm³/mol. The summed E-state index contributed by atoms with van der Waals surface area (Å²) in [7, 11) is -2.53. The Hall–Kier alpha value is -7.26. The number of para-hydroxylation sites is 1. The van der Waals surface area contributed by atoms with Crippen LogP contribution in [0.15, 0.2) is 229 Å². The second-order valence-corrected chi connectivity index (χ2v) is 22.3. The summed E-state index contributed by atoms with van der Waals surface area (Å²) in [4.78, 5) is 0. The SMILES string of the molecule is CC(C)(C)[Si](c1ccccc1)(c1ccccc1)c1ccc(-c2cc(-c3c4ccccc4c(-c4ccc(-c5ccccc5)cc4)c4ccccc34)cc3c2oc2ccccc23)cc1. The molecule has 0 amide bonds. The summed E-state index contributed by atoms with van der Waals surface area (Å²) < 4.78 is 6.82. The molecule has 11 rings (SSSR count). The molecule has 0 atom stereocenters. The summed E-state index contributed by atoms with van der Waals surface area (Å²) in [5.41, 5.74) is 11.4. The summed E-state index contributed by atoms with van der Waals surface area (Å²) in [6, 6.07) is 82.8. The molecule has 0 radical (unpaired) electrons. The summed E-state index contributed by atoms with van der Waals surface area (Å²) >= 11 is 0. The first-order valence-corrected chi connectivity index (χ1v) is 23.7. The van der Waals surface area contributed by atoms with Crippen molar-refractivity contribution in [1.29, 1.82) is 0 Å². The highest BCUT2D eigenvalue weighted by atomic mass is 28.3. The van der Waals surface area contributed by atoms with E-state index in [0.29, 0.717) is 0 Å². The maximum Gasteiger partial charge on any atom is 0.153 e. The first kappa shape index (κ1) is 37.7. The second kappa shape index (κ2) is 15.0. The summed E-state index contributed by atoms with van der Waals surface area (Å²) in [5, 5.41) is 11.4. The fraction of sp³-hybridized carbons (Fsp3) is 0.0667. The van der Waals surface area contributed by atoms with E-state index in [2.05, 4.69) is 245 Å². The molecular weight excluding hydrogens is 765 g/mol. The van der Waals surface area contributed by atoms with Crippen molar-refractivity contribution in [3.8, 4) is 44.5 Å². The molecule has 1 aromatic heterocycles. The van der Waals surface area contributed by atoms with Crippen molar-refractivity contribution >= 4 is 67.1 Å². The average molecular weight is 811 g/mol. The van der Waals surface area contributed by atoms with Crippen LogP contribution in [0.2, 0.25) is 5.04 Å². The third-order valence-electron chi connectivity index (χ3n) is 13.1. The first-order chi connectivity index (χ1) is 30.4. The van der Waals surface area contributed by atoms with E-state index in [4.69, 9.17) is 4.42 Å². The van der Waals surface area contributed by atoms with Gasteiger partial charge in [-0.15, -0.1) is 0 Å². The topological polar surface area (TPSA) is 13.1 Å². The van der Waals surface area contributed by atoms with Crippen LogP contribution < -0.4 is 15.6 Å². The third-order valence-corrected chi connectivity index (χ3v) is 19.0. The van der Waals surface area contributed by atoms with E-state index >= 15 is 0 Å². The number of benzene rings is 10. The molecule has 0 fully saturated rings. The minimum atomic E-state index is -2.53. The second-order valence-electron chi connectivity index (χ2n) is 17.6. The van der Waals surface area contributed by atoms with Gasteiger partial charge in [0.25, 0.3) is 0 Å². The number of hydrogen-bond acceptors (Lipinski definition) is 1. The Bertz CT molecular complexity index is 3300. The molecule has 0 N–H and O–H groups in total. The Morgan fingerprint density at radius 2 is 0.726 bits per heavy atom. The van der Waals surface area contributed by atoms with Crippen LogP contribution in [0.4, 0.5) is 0 Å². The van der Waals surface area contributed by atoms with Crippen LogP contribution in [0.3, 0.4) is 0 Å². The van der Waals surface area contributed by atoms with Gasteiger partial charge in [-0.05, 0) is 99.3 Å². The standard InChI is InChI=1S/C60H46OSi/c1-60(2,3)62(46-21-9-5-10-22-46,47-23-11-6-12-24-47)48-37-35-43(36-38-48)54-39-45(40-55-49-25-17-18-30-56(49)61-59(54)55)58-52-28-15-13-26-50(52)57(51-27-14-16-29-53(51)58)44-33-31-42(32-34-44)41-19-7-4-8-20-41/h4-40H,1-3H3. The van der Waals surface area contributed by atoms with Crippen molar-refractivity contribution in [1.82, 2.24) is 0 Å². The third kappa shape index (κ3) is 6.05. The molecule has 0 saturated heterocycles. The number of hydrogen-bond donors (Lipinski definition) is 0. The van der Waals surface area contributed by atoms with Gasteiger partial charge in [-0.2, -0.15) is 0 Å². The molecule has 0 aliphatic rings. The molecule has 0 aliphatic carbocycles. The van der Waals surface area contributed by atoms with Gasteiger partial charge in [0.1, 0.15) is 11.2 Å². The van der Waals surface area contributed by atoms with Crippen molar-refractivity contribution < 1.29 is 4.42 Å². The zero-order valence-corrected chi connectivity index (χ0v) is 36.3. The molecule has 0 bridgehead atoms. The van der Waals surface area contributed by atoms with E-state index in [1.54, 1.807) is 0 Å². The van der Waals surface area contributed by atoms with Crippen LogP contribution in [0.5, 0.6) is 0 Å². The van der Waals surface area contributed by atoms with E-state index < -0.39 is 8.07 Å². The highest BCUT2D eigenvalue weighted by Gasteiger charge is 2.49. The highest BCUT2D eigenvalue weighted by molar-refractivity contribution is 7.13. The summed E-state index contributed by atoms with van der Waals surface area (Å²) in [6.07, 6.45) is 0. The molecule has 0 aliphatic heterocycles. The summed E-state index contributed by atoms with van der Waals surface area (Å²) in [5.74, 6) is 0. The zero-order valence-electron chi connectivity index (χ0n) is 35.3. The number of furan rings is 1. The maximum atomic E-state index is 6.82. The lowest BCUT2D eigenvalue weighted by atomic mass is 9.84. The Morgan fingerprint density at radius 3 is 1.26 bits per heavy atom. The van der Waals surface area contributed by atoms with Crippen molar-refractivity contribution in [2.45, 2.75) is 25.8 Å². The van der Waals surface area contributed by atoms with E-state index in [-0.39, 0.29) is 5.04 Å². The van der Waals surface area contributed by atoms with Gasteiger partial charge in [-0.1, -0.05) is 227 Å². The van der Waals surface area contributed by atoms with Gasteiger partial charge in [0, 0.05) is 16.3 Å². The minimum absolute atomic E-state index is 0.0125. The van der Waals surface area contributed by atoms with Crippen LogP contribution in [0.1, 0.15) is 20.8 Å². The van der Waals surface area contributed by atoms with Gasteiger partial charge >= 0.3 is 0 Å². The fourth-order valence-electron chi connectivity index (χ4n) is 10.5. The van der Waals surface area contributed by atoms with Crippen LogP contribution in [-0.2, 0) is 0 Å². The Labute approximate surface area is 364 Å². The molecule has 11 aromatic rings. The Kier molecular flexibility index (Phi) is 9.14. The quantitative estimate of drug-likeness (QED) is 0.0888. The lowest BCUT2D eigenvalue weighted by Crippen LogP contribution is -2.72. The lowest BCUT2D eigenvalue weighted by molar-refractivity contribution is 0.670. The molecule has 2 heteroatoms. The Morgan fingerprint density at radius 1 is 0.323 bits per heavy atom. The highest BCUT2D eigenvalue weighted by Crippen LogP contribution is 2.47. The molecule has 0 unspecified atom stereocenters. The van der Waals surface area contributed by atoms with Crippen LogP contribution in [0.25, 0.3) is 88.0 Å². The van der Waals surface area contributed by atoms with Gasteiger partial charge in [-0.3, -0.25) is 0 Å². The van der Waals surface area contributed by atoms with E-state index in [1.807, 2.05) is 0 Å². The monoisotopic (exact) mass is 810 g/mol. The predicted octanol–water partition coefficient (Wildman–Crippen LogP) is 14.8. The summed E-state index contributed by atoms with van der Waals surface area (Å²) in [6.45, 7) is 7.27. The van der Waals surface area contributed by atoms with E-state index in [9.17, 15) is 0 Å². The molecular formula is C60H46OSi. The lowest BCUT2D eigenvalue weighted by Gasteiger charge is -2.44. The van der Waals surface area contributed by atoms with Crippen molar-refractivity contribution in [2.75, 3.05) is 0 Å². The van der Waals surface area contributed by atoms with Crippen LogP contribution in [-0.4, -0.2) is 8.07 Å². The van der Waals surface area contributed by atoms with Gasteiger partial charge in [0.05, 0.1) is 0 Å². The van der Waals surface area contributed by atoms with Gasteiger partial charge in [0.2, 0.25) is 0 Å². The first-order valence-electron chi connectivity index (χ1n) is 21.7. The van der Waals surface area contributed by atoms with Gasteiger partial charge < -0.3 is 4.42 Å². The van der Waals surface area contributed by atoms with Crippen molar-refractivity contribution in [3.05, 3.63) is 224 Å². The fourth-order valence-corrected chi connectivity index (χ4v) is 16.1. The normalized spacial score (nSPS) is 12.1. The average Bonchev–Trinajstić information content (AvgIpc) is 3.70. The molecule has 62 heavy (non-hydrogen) atoms. The number of fused-ring (bicyclic) bond motifs is 5. The smallest absolute Gasteiger partial charge is 0.153 e. The van der Waals surface area contributed by atoms with E-state index in [1.165, 1.54) is 70.5 Å². The molecule has 0 saturated carbocycles. The molecule has 10 aromatic carbocycles. The Balaban J connectivity index is 1.14. The molecule has 296 valence electrons. The molecule has 1 heterocycles. The minimum Gasteiger partial charge on any atom is -0.455 e. The van der Waals surface area contributed by atoms with Crippen LogP contribution >= 0.6 is 0 Å². The maximum absolute atomic E-state index is 6.82.